The first kappa shape index (κ1) is 13.9. The Morgan fingerprint density at radius 3 is 2.74 bits per heavy atom. The largest absolute Gasteiger partial charge is 0.351 e. The molecule has 0 unspecified atom stereocenters. The van der Waals surface area contributed by atoms with Crippen molar-refractivity contribution in [1.29, 1.82) is 5.26 Å². The van der Waals surface area contributed by atoms with Gasteiger partial charge in [-0.05, 0) is 23.1 Å². The Labute approximate surface area is 121 Å². The molecule has 1 N–H and O–H groups in total. The number of thioether (sulfide) groups is 1. The van der Waals surface area contributed by atoms with Crippen LogP contribution in [-0.2, 0) is 0 Å². The predicted octanol–water partition coefficient (Wildman–Crippen LogP) is 3.55. The van der Waals surface area contributed by atoms with Gasteiger partial charge in [0.05, 0.1) is 10.7 Å². The molecule has 0 radical (unpaired) electrons. The van der Waals surface area contributed by atoms with Crippen LogP contribution in [0.1, 0.15) is 26.5 Å². The number of aromatic nitrogens is 2. The van der Waals surface area contributed by atoms with Gasteiger partial charge >= 0.3 is 0 Å². The van der Waals surface area contributed by atoms with E-state index >= 15 is 0 Å². The zero-order valence-electron chi connectivity index (χ0n) is 10.9. The molecule has 2 heterocycles. The molecule has 0 saturated heterocycles. The number of nitriles is 1. The van der Waals surface area contributed by atoms with Gasteiger partial charge in [-0.25, -0.2) is 9.97 Å². The Bertz CT molecular complexity index is 608. The highest BCUT2D eigenvalue weighted by Gasteiger charge is 2.24. The second kappa shape index (κ2) is 5.24. The molecule has 0 aliphatic carbocycles. The molecule has 4 nitrogen and oxygen atoms in total. The summed E-state index contributed by atoms with van der Waals surface area (Å²) in [6.45, 7) is 6.34. The van der Waals surface area contributed by atoms with Gasteiger partial charge in [-0.3, -0.25) is 0 Å². The van der Waals surface area contributed by atoms with Crippen LogP contribution in [0.4, 0.5) is 0 Å². The van der Waals surface area contributed by atoms with E-state index < -0.39 is 0 Å². The third kappa shape index (κ3) is 3.09. The lowest BCUT2D eigenvalue weighted by atomic mass is 9.93. The van der Waals surface area contributed by atoms with Gasteiger partial charge < -0.3 is 5.32 Å². The normalized spacial score (nSPS) is 17.5. The van der Waals surface area contributed by atoms with E-state index in [0.717, 1.165) is 10.7 Å². The highest BCUT2D eigenvalue weighted by Crippen LogP contribution is 2.37. The zero-order valence-corrected chi connectivity index (χ0v) is 12.4. The molecule has 0 aromatic carbocycles. The lowest BCUT2D eigenvalue weighted by molar-refractivity contribution is 0.481. The number of hydrogen-bond donors (Lipinski definition) is 1. The van der Waals surface area contributed by atoms with Gasteiger partial charge in [-0.1, -0.05) is 32.5 Å². The number of rotatable bonds is 1. The van der Waals surface area contributed by atoms with Crippen molar-refractivity contribution in [2.75, 3.05) is 0 Å². The second-order valence-electron chi connectivity index (χ2n) is 5.05. The lowest BCUT2D eigenvalue weighted by Gasteiger charge is -2.20. The quantitative estimate of drug-likeness (QED) is 0.633. The smallest absolute Gasteiger partial charge is 0.222 e. The van der Waals surface area contributed by atoms with E-state index in [-0.39, 0.29) is 10.7 Å². The van der Waals surface area contributed by atoms with Crippen LogP contribution in [0.3, 0.4) is 0 Å². The summed E-state index contributed by atoms with van der Waals surface area (Å²) < 4.78 is 0. The first-order valence-electron chi connectivity index (χ1n) is 5.69. The van der Waals surface area contributed by atoms with Crippen molar-refractivity contribution in [3.63, 3.8) is 0 Å². The molecule has 0 atom stereocenters. The van der Waals surface area contributed by atoms with Crippen LogP contribution in [0.5, 0.6) is 0 Å². The Morgan fingerprint density at radius 1 is 1.47 bits per heavy atom. The Morgan fingerprint density at radius 2 is 2.21 bits per heavy atom. The zero-order chi connectivity index (χ0) is 14.0. The average molecular weight is 293 g/mol. The summed E-state index contributed by atoms with van der Waals surface area (Å²) in [5.74, 6) is 0. The van der Waals surface area contributed by atoms with Gasteiger partial charge in [-0.2, -0.15) is 5.26 Å². The molecule has 1 aliphatic heterocycles. The number of nitrogens with zero attached hydrogens (tertiary/aromatic N) is 3. The lowest BCUT2D eigenvalue weighted by Crippen LogP contribution is -2.20. The fraction of sp³-hybridized carbons (Fsp3) is 0.308. The summed E-state index contributed by atoms with van der Waals surface area (Å²) >= 11 is 7.25. The number of hydrogen-bond acceptors (Lipinski definition) is 5. The molecule has 0 amide bonds. The molecule has 0 fully saturated rings. The van der Waals surface area contributed by atoms with Gasteiger partial charge in [0, 0.05) is 17.3 Å². The van der Waals surface area contributed by atoms with Crippen LogP contribution >= 0.6 is 23.4 Å². The Kier molecular flexibility index (Phi) is 3.83. The molecule has 2 rings (SSSR count). The summed E-state index contributed by atoms with van der Waals surface area (Å²) in [6, 6.07) is 3.85. The monoisotopic (exact) mass is 292 g/mol. The van der Waals surface area contributed by atoms with Gasteiger partial charge in [0.15, 0.2) is 0 Å². The van der Waals surface area contributed by atoms with Crippen molar-refractivity contribution >= 4 is 28.9 Å². The summed E-state index contributed by atoms with van der Waals surface area (Å²) in [5.41, 5.74) is 2.10. The molecule has 6 heteroatoms. The molecule has 0 spiro atoms. The highest BCUT2D eigenvalue weighted by molar-refractivity contribution is 8.06. The van der Waals surface area contributed by atoms with Crippen LogP contribution < -0.4 is 5.32 Å². The predicted molar refractivity (Wildman–Crippen MR) is 77.8 cm³/mol. The van der Waals surface area contributed by atoms with Crippen molar-refractivity contribution in [2.24, 2.45) is 5.41 Å². The van der Waals surface area contributed by atoms with Crippen molar-refractivity contribution in [3.05, 3.63) is 39.4 Å². The topological polar surface area (TPSA) is 61.6 Å². The summed E-state index contributed by atoms with van der Waals surface area (Å²) in [6.07, 6.45) is 1.54. The Hall–Kier alpha value is -1.51. The fourth-order valence-electron chi connectivity index (χ4n) is 1.48. The van der Waals surface area contributed by atoms with Crippen LogP contribution in [0, 0.1) is 16.7 Å². The Balaban J connectivity index is 2.35. The first-order valence-corrected chi connectivity index (χ1v) is 6.95. The van der Waals surface area contributed by atoms with Gasteiger partial charge in [-0.15, -0.1) is 0 Å². The third-order valence-electron chi connectivity index (χ3n) is 2.57. The number of nitrogens with one attached hydrogen (secondary N) is 1. The van der Waals surface area contributed by atoms with Crippen molar-refractivity contribution in [1.82, 2.24) is 15.3 Å². The van der Waals surface area contributed by atoms with E-state index in [9.17, 15) is 5.26 Å². The van der Waals surface area contributed by atoms with Crippen molar-refractivity contribution in [3.8, 4) is 6.07 Å². The molecular formula is C13H13ClN4S. The second-order valence-corrected chi connectivity index (χ2v) is 6.27. The standard InChI is InChI=1S/C13H13ClN4S/c1-13(2,3)10-7-19-11(18-10)8(6-15)9-4-5-16-12(14)17-9/h4-5,7,18H,1-3H3/b11-8+. The van der Waals surface area contributed by atoms with E-state index in [2.05, 4.69) is 42.1 Å². The highest BCUT2D eigenvalue weighted by atomic mass is 35.5. The molecule has 0 saturated carbocycles. The summed E-state index contributed by atoms with van der Waals surface area (Å²) in [7, 11) is 0. The minimum atomic E-state index is 0.0125. The SMILES string of the molecule is CC(C)(C)C1=CS/C(=C(\C#N)c2ccnc(Cl)n2)N1. The van der Waals surface area contributed by atoms with Crippen molar-refractivity contribution < 1.29 is 0 Å². The van der Waals surface area contributed by atoms with E-state index in [0.29, 0.717) is 11.3 Å². The summed E-state index contributed by atoms with van der Waals surface area (Å²) in [4.78, 5) is 7.89. The van der Waals surface area contributed by atoms with Crippen LogP contribution in [0.2, 0.25) is 5.28 Å². The third-order valence-corrected chi connectivity index (χ3v) is 3.65. The maximum absolute atomic E-state index is 9.33. The molecule has 1 aromatic rings. The minimum Gasteiger partial charge on any atom is -0.351 e. The molecular weight excluding hydrogens is 280 g/mol. The minimum absolute atomic E-state index is 0.0125. The van der Waals surface area contributed by atoms with Gasteiger partial charge in [0.2, 0.25) is 5.28 Å². The van der Waals surface area contributed by atoms with Gasteiger partial charge in [0.25, 0.3) is 0 Å². The maximum atomic E-state index is 9.33. The maximum Gasteiger partial charge on any atom is 0.222 e. The van der Waals surface area contributed by atoms with E-state index in [1.165, 1.54) is 11.8 Å². The van der Waals surface area contributed by atoms with Gasteiger partial charge in [0.1, 0.15) is 11.6 Å². The van der Waals surface area contributed by atoms with E-state index in [1.54, 1.807) is 12.3 Å². The number of allylic oxidation sites excluding steroid dienone is 2. The molecule has 0 bridgehead atoms. The molecule has 1 aromatic heterocycles. The molecule has 19 heavy (non-hydrogen) atoms. The van der Waals surface area contributed by atoms with Crippen LogP contribution in [-0.4, -0.2) is 9.97 Å². The van der Waals surface area contributed by atoms with Crippen LogP contribution in [0.15, 0.2) is 28.4 Å². The van der Waals surface area contributed by atoms with Crippen molar-refractivity contribution in [2.45, 2.75) is 20.8 Å². The van der Waals surface area contributed by atoms with E-state index in [4.69, 9.17) is 11.6 Å². The summed E-state index contributed by atoms with van der Waals surface area (Å²) in [5, 5.41) is 15.5. The fourth-order valence-corrected chi connectivity index (χ4v) is 2.72. The van der Waals surface area contributed by atoms with Crippen LogP contribution in [0.25, 0.3) is 5.57 Å². The number of halogens is 1. The molecule has 98 valence electrons. The van der Waals surface area contributed by atoms with E-state index in [1.807, 2.05) is 5.41 Å². The molecule has 1 aliphatic rings. The first-order chi connectivity index (χ1) is 8.91. The average Bonchev–Trinajstić information content (AvgIpc) is 2.79.